The predicted molar refractivity (Wildman–Crippen MR) is 160 cm³/mol. The van der Waals surface area contributed by atoms with Crippen molar-refractivity contribution in [1.29, 1.82) is 0 Å². The van der Waals surface area contributed by atoms with E-state index < -0.39 is 0 Å². The van der Waals surface area contributed by atoms with Crippen LogP contribution in [-0.4, -0.2) is 47.8 Å². The second-order valence-electron chi connectivity index (χ2n) is 10.7. The Balaban J connectivity index is 1.36. The molecule has 1 saturated carbocycles. The number of thiocarbonyl (C=S) groups is 1. The number of nitro groups is 1. The molecule has 1 aliphatic heterocycles. The van der Waals surface area contributed by atoms with Crippen LogP contribution in [0.4, 0.5) is 5.69 Å². The minimum absolute atomic E-state index is 0.0302. The summed E-state index contributed by atoms with van der Waals surface area (Å²) in [7, 11) is 3.34. The van der Waals surface area contributed by atoms with Crippen LogP contribution >= 0.6 is 12.2 Å². The molecule has 210 valence electrons. The molecule has 40 heavy (non-hydrogen) atoms. The van der Waals surface area contributed by atoms with Crippen LogP contribution in [0.5, 0.6) is 11.5 Å². The largest absolute Gasteiger partial charge is 0.493 e. The molecular weight excluding hydrogens is 524 g/mol. The van der Waals surface area contributed by atoms with Crippen LogP contribution in [0.1, 0.15) is 42.4 Å². The summed E-state index contributed by atoms with van der Waals surface area (Å²) in [5, 5.41) is 18.8. The highest BCUT2D eigenvalue weighted by Gasteiger charge is 2.51. The van der Waals surface area contributed by atoms with Crippen LogP contribution < -0.4 is 20.1 Å². The highest BCUT2D eigenvalue weighted by atomic mass is 32.1. The smallest absolute Gasteiger partial charge is 0.269 e. The maximum absolute atomic E-state index is 11.1. The van der Waals surface area contributed by atoms with Gasteiger partial charge in [-0.3, -0.25) is 15.0 Å². The number of nitro benzene ring substituents is 1. The van der Waals surface area contributed by atoms with E-state index in [0.29, 0.717) is 11.7 Å². The molecule has 0 spiro atoms. The second-order valence-corrected chi connectivity index (χ2v) is 11.1. The van der Waals surface area contributed by atoms with Gasteiger partial charge in [-0.25, -0.2) is 0 Å². The number of rotatable bonds is 9. The van der Waals surface area contributed by atoms with Gasteiger partial charge >= 0.3 is 0 Å². The Labute approximate surface area is 240 Å². The van der Waals surface area contributed by atoms with Crippen molar-refractivity contribution >= 4 is 23.0 Å². The maximum atomic E-state index is 11.1. The van der Waals surface area contributed by atoms with Crippen LogP contribution in [0.3, 0.4) is 0 Å². The Morgan fingerprint density at radius 2 is 1.77 bits per heavy atom. The molecule has 3 aromatic carbocycles. The zero-order valence-electron chi connectivity index (χ0n) is 23.0. The molecule has 8 nitrogen and oxygen atoms in total. The number of hydrogen-bond donors (Lipinski definition) is 2. The Kier molecular flexibility index (Phi) is 8.52. The molecule has 9 heteroatoms. The fraction of sp³-hybridized carbons (Fsp3) is 0.387. The van der Waals surface area contributed by atoms with E-state index in [1.54, 1.807) is 26.4 Å². The molecule has 3 aromatic rings. The summed E-state index contributed by atoms with van der Waals surface area (Å²) in [6, 6.07) is 24.0. The van der Waals surface area contributed by atoms with Gasteiger partial charge in [0.25, 0.3) is 5.69 Å². The minimum atomic E-state index is -0.353. The number of ether oxygens (including phenoxy) is 2. The number of methoxy groups -OCH3 is 2. The normalized spacial score (nSPS) is 22.2. The summed E-state index contributed by atoms with van der Waals surface area (Å²) in [5.41, 5.74) is 3.61. The molecule has 0 bridgehead atoms. The van der Waals surface area contributed by atoms with Crippen molar-refractivity contribution in [3.05, 3.63) is 99.6 Å². The van der Waals surface area contributed by atoms with E-state index in [1.165, 1.54) is 11.1 Å². The zero-order valence-corrected chi connectivity index (χ0v) is 23.8. The molecule has 1 saturated heterocycles. The van der Waals surface area contributed by atoms with Crippen molar-refractivity contribution < 1.29 is 14.4 Å². The summed E-state index contributed by atoms with van der Waals surface area (Å²) in [6.07, 6.45) is 3.99. The van der Waals surface area contributed by atoms with E-state index in [0.717, 1.165) is 55.8 Å². The highest BCUT2D eigenvalue weighted by molar-refractivity contribution is 7.80. The van der Waals surface area contributed by atoms with Crippen LogP contribution in [0, 0.1) is 10.1 Å². The summed E-state index contributed by atoms with van der Waals surface area (Å²) >= 11 is 5.68. The third-order valence-electron chi connectivity index (χ3n) is 8.49. The molecule has 0 radical (unpaired) electrons. The lowest BCUT2D eigenvalue weighted by Crippen LogP contribution is -2.53. The lowest BCUT2D eigenvalue weighted by molar-refractivity contribution is -0.384. The van der Waals surface area contributed by atoms with Gasteiger partial charge in [0.15, 0.2) is 16.6 Å². The van der Waals surface area contributed by atoms with E-state index in [4.69, 9.17) is 21.7 Å². The van der Waals surface area contributed by atoms with E-state index in [-0.39, 0.29) is 28.1 Å². The molecule has 2 N–H and O–H groups in total. The van der Waals surface area contributed by atoms with E-state index >= 15 is 0 Å². The number of fused-ring (bicyclic) bond motifs is 1. The summed E-state index contributed by atoms with van der Waals surface area (Å²) in [4.78, 5) is 13.3. The van der Waals surface area contributed by atoms with Gasteiger partial charge in [-0.2, -0.15) is 0 Å². The minimum Gasteiger partial charge on any atom is -0.493 e. The number of hydrogen-bond acceptors (Lipinski definition) is 6. The Morgan fingerprint density at radius 1 is 1.02 bits per heavy atom. The first-order valence-corrected chi connectivity index (χ1v) is 14.1. The lowest BCUT2D eigenvalue weighted by Gasteiger charge is -2.46. The highest BCUT2D eigenvalue weighted by Crippen LogP contribution is 2.50. The number of likely N-dealkylation sites (tertiary alicyclic amines) is 1. The summed E-state index contributed by atoms with van der Waals surface area (Å²) in [6.45, 7) is 2.37. The van der Waals surface area contributed by atoms with Gasteiger partial charge in [0, 0.05) is 42.7 Å². The van der Waals surface area contributed by atoms with Gasteiger partial charge in [0.2, 0.25) is 0 Å². The fourth-order valence-electron chi connectivity index (χ4n) is 6.42. The Hall–Kier alpha value is -3.69. The first-order valence-electron chi connectivity index (χ1n) is 13.7. The average molecular weight is 561 g/mol. The summed E-state index contributed by atoms with van der Waals surface area (Å²) in [5.74, 6) is 1.47. The van der Waals surface area contributed by atoms with E-state index in [2.05, 4.69) is 39.8 Å². The Morgan fingerprint density at radius 3 is 2.48 bits per heavy atom. The number of non-ortho nitro benzene ring substituents is 1. The number of benzene rings is 3. The van der Waals surface area contributed by atoms with Crippen molar-refractivity contribution in [3.63, 3.8) is 0 Å². The van der Waals surface area contributed by atoms with Crippen LogP contribution in [-0.2, 0) is 18.5 Å². The molecule has 0 amide bonds. The molecule has 1 aliphatic carbocycles. The standard InChI is InChI=1S/C31H36N4O4S/c1-38-27-13-10-24(18-28(27)39-2)31-15-14-25(33-30(40)32-20-22-6-4-3-5-7-22)19-29(31)34(17-16-31)21-23-8-11-26(12-9-23)35(36)37/h3-13,18,25,29H,14-17,19-21H2,1-2H3,(H2,32,33,40). The molecular formula is C31H36N4O4S. The molecule has 2 fully saturated rings. The molecule has 5 rings (SSSR count). The Bertz CT molecular complexity index is 1340. The fourth-order valence-corrected chi connectivity index (χ4v) is 6.66. The SMILES string of the molecule is COc1ccc(C23CCC(NC(=S)NCc4ccccc4)CC2N(Cc2ccc([N+](=O)[O-])cc2)CC3)cc1OC. The monoisotopic (exact) mass is 560 g/mol. The topological polar surface area (TPSA) is 88.9 Å². The summed E-state index contributed by atoms with van der Waals surface area (Å²) < 4.78 is 11.2. The second kappa shape index (κ2) is 12.2. The molecule has 1 heterocycles. The van der Waals surface area contributed by atoms with E-state index in [1.807, 2.05) is 36.4 Å². The van der Waals surface area contributed by atoms with Crippen molar-refractivity contribution in [1.82, 2.24) is 15.5 Å². The van der Waals surface area contributed by atoms with Crippen molar-refractivity contribution in [2.24, 2.45) is 0 Å². The first kappa shape index (κ1) is 27.9. The van der Waals surface area contributed by atoms with Crippen LogP contribution in [0.2, 0.25) is 0 Å². The average Bonchev–Trinajstić information content (AvgIpc) is 3.35. The number of nitrogens with one attached hydrogen (secondary N) is 2. The quantitative estimate of drug-likeness (QED) is 0.206. The van der Waals surface area contributed by atoms with Gasteiger partial charge < -0.3 is 20.1 Å². The number of nitrogens with zero attached hydrogens (tertiary/aromatic N) is 2. The zero-order chi connectivity index (χ0) is 28.1. The van der Waals surface area contributed by atoms with E-state index in [9.17, 15) is 10.1 Å². The van der Waals surface area contributed by atoms with Gasteiger partial charge in [-0.05, 0) is 73.3 Å². The molecule has 3 atom stereocenters. The van der Waals surface area contributed by atoms with Gasteiger partial charge in [0.1, 0.15) is 0 Å². The van der Waals surface area contributed by atoms with Gasteiger partial charge in [0.05, 0.1) is 19.1 Å². The molecule has 2 aliphatic rings. The van der Waals surface area contributed by atoms with Crippen LogP contribution in [0.25, 0.3) is 0 Å². The van der Waals surface area contributed by atoms with Gasteiger partial charge in [-0.15, -0.1) is 0 Å². The predicted octanol–water partition coefficient (Wildman–Crippen LogP) is 5.34. The molecule has 0 aromatic heterocycles. The van der Waals surface area contributed by atoms with Gasteiger partial charge in [-0.1, -0.05) is 48.5 Å². The first-order chi connectivity index (χ1) is 19.4. The molecule has 3 unspecified atom stereocenters. The van der Waals surface area contributed by atoms with Crippen molar-refractivity contribution in [2.45, 2.75) is 56.3 Å². The third-order valence-corrected chi connectivity index (χ3v) is 8.76. The van der Waals surface area contributed by atoms with Crippen molar-refractivity contribution in [3.8, 4) is 11.5 Å². The van der Waals surface area contributed by atoms with Crippen LogP contribution in [0.15, 0.2) is 72.8 Å². The third kappa shape index (κ3) is 5.90. The maximum Gasteiger partial charge on any atom is 0.269 e. The van der Waals surface area contributed by atoms with Crippen molar-refractivity contribution in [2.75, 3.05) is 20.8 Å². The lowest BCUT2D eigenvalue weighted by atomic mass is 9.65.